The van der Waals surface area contributed by atoms with Crippen LogP contribution in [-0.4, -0.2) is 24.6 Å². The minimum atomic E-state index is -3.29. The van der Waals surface area contributed by atoms with Crippen LogP contribution in [0.4, 0.5) is 8.78 Å². The summed E-state index contributed by atoms with van der Waals surface area (Å²) in [7, 11) is 1.42. The van der Waals surface area contributed by atoms with E-state index in [0.29, 0.717) is 17.1 Å². The van der Waals surface area contributed by atoms with Crippen LogP contribution in [0, 0.1) is 0 Å². The first-order valence-electron chi connectivity index (χ1n) is 5.52. The van der Waals surface area contributed by atoms with E-state index in [-0.39, 0.29) is 11.8 Å². The molecule has 1 aromatic heterocycles. The van der Waals surface area contributed by atoms with Crippen molar-refractivity contribution in [3.05, 3.63) is 47.3 Å². The topological polar surface area (TPSA) is 35.0 Å². The Balaban J connectivity index is 2.46. The quantitative estimate of drug-likeness (QED) is 0.638. The molecule has 0 spiro atoms. The highest BCUT2D eigenvalue weighted by atomic mass is 35.5. The van der Waals surface area contributed by atoms with Gasteiger partial charge in [-0.25, -0.2) is 9.97 Å². The fraction of sp³-hybridized carbons (Fsp3) is 0.167. The van der Waals surface area contributed by atoms with Gasteiger partial charge in [0.15, 0.2) is 10.8 Å². The molecule has 7 heteroatoms. The van der Waals surface area contributed by atoms with Gasteiger partial charge in [0, 0.05) is 6.61 Å². The number of hydrogen-bond donors (Lipinski definition) is 0. The normalized spacial score (nSPS) is 12.4. The lowest BCUT2D eigenvalue weighted by Gasteiger charge is -2.13. The van der Waals surface area contributed by atoms with Gasteiger partial charge in [0.25, 0.3) is 8.05 Å². The van der Waals surface area contributed by atoms with Gasteiger partial charge in [0.1, 0.15) is 0 Å². The van der Waals surface area contributed by atoms with Crippen molar-refractivity contribution in [3.63, 3.8) is 0 Å². The standard InChI is InChI=1S/C12H10BClF2N2O/c13-19-7-3-6-12(15,16)10-11(14)18-9-5-2-1-4-8(9)17-10/h1-6H,7,13H2/b6-3+. The van der Waals surface area contributed by atoms with Crippen molar-refractivity contribution in [2.24, 2.45) is 0 Å². The molecule has 1 heterocycles. The number of rotatable bonds is 4. The van der Waals surface area contributed by atoms with Crippen LogP contribution in [0.1, 0.15) is 5.69 Å². The lowest BCUT2D eigenvalue weighted by Crippen LogP contribution is -2.14. The number of fused-ring (bicyclic) bond motifs is 1. The number of halogens is 3. The molecule has 0 unspecified atom stereocenters. The Morgan fingerprint density at radius 3 is 2.53 bits per heavy atom. The summed E-state index contributed by atoms with van der Waals surface area (Å²) < 4.78 is 32.6. The van der Waals surface area contributed by atoms with Crippen LogP contribution in [-0.2, 0) is 10.6 Å². The number of benzene rings is 1. The molecule has 0 aliphatic carbocycles. The molecule has 0 aliphatic rings. The molecule has 0 saturated heterocycles. The highest BCUT2D eigenvalue weighted by Gasteiger charge is 2.33. The van der Waals surface area contributed by atoms with E-state index in [4.69, 9.17) is 11.6 Å². The van der Waals surface area contributed by atoms with Crippen molar-refractivity contribution >= 4 is 30.7 Å². The Morgan fingerprint density at radius 1 is 1.26 bits per heavy atom. The Morgan fingerprint density at radius 2 is 1.89 bits per heavy atom. The number of hydrogen-bond acceptors (Lipinski definition) is 3. The Kier molecular flexibility index (Phi) is 4.12. The second kappa shape index (κ2) is 5.63. The summed E-state index contributed by atoms with van der Waals surface area (Å²) in [4.78, 5) is 7.82. The number of allylic oxidation sites excluding steroid dienone is 1. The zero-order valence-electron chi connectivity index (χ0n) is 10.1. The maximum absolute atomic E-state index is 13.9. The van der Waals surface area contributed by atoms with E-state index in [1.807, 2.05) is 0 Å². The van der Waals surface area contributed by atoms with Gasteiger partial charge in [-0.15, -0.1) is 0 Å². The molecule has 2 aromatic rings. The number of nitrogens with zero attached hydrogens (tertiary/aromatic N) is 2. The highest BCUT2D eigenvalue weighted by molar-refractivity contribution is 6.30. The van der Waals surface area contributed by atoms with Gasteiger partial charge in [0.2, 0.25) is 0 Å². The largest absolute Gasteiger partial charge is 0.441 e. The van der Waals surface area contributed by atoms with Crippen molar-refractivity contribution in [2.75, 3.05) is 6.61 Å². The summed E-state index contributed by atoms with van der Waals surface area (Å²) in [6.07, 6.45) is 1.92. The first-order chi connectivity index (χ1) is 9.04. The molecule has 0 saturated carbocycles. The van der Waals surface area contributed by atoms with Crippen LogP contribution in [0.15, 0.2) is 36.4 Å². The molecule has 2 rings (SSSR count). The smallest absolute Gasteiger partial charge is 0.311 e. The van der Waals surface area contributed by atoms with Gasteiger partial charge < -0.3 is 4.65 Å². The number of alkyl halides is 2. The third-order valence-electron chi connectivity index (χ3n) is 2.43. The third kappa shape index (κ3) is 3.08. The second-order valence-corrected chi connectivity index (χ2v) is 4.19. The lowest BCUT2D eigenvalue weighted by molar-refractivity contribution is 0.0467. The SMILES string of the molecule is BOC/C=C/C(F)(F)c1nc2ccccc2nc1Cl. The van der Waals surface area contributed by atoms with E-state index in [1.54, 1.807) is 24.3 Å². The fourth-order valence-electron chi connectivity index (χ4n) is 1.56. The first kappa shape index (κ1) is 13.9. The zero-order chi connectivity index (χ0) is 13.9. The van der Waals surface area contributed by atoms with Gasteiger partial charge >= 0.3 is 5.92 Å². The van der Waals surface area contributed by atoms with Crippen LogP contribution in [0.25, 0.3) is 11.0 Å². The summed E-state index contributed by atoms with van der Waals surface area (Å²) in [5.74, 6) is -3.29. The van der Waals surface area contributed by atoms with Crippen LogP contribution in [0.3, 0.4) is 0 Å². The molecule has 0 aliphatic heterocycles. The minimum absolute atomic E-state index is 0.0915. The van der Waals surface area contributed by atoms with Gasteiger partial charge in [-0.2, -0.15) is 8.78 Å². The van der Waals surface area contributed by atoms with Crippen LogP contribution < -0.4 is 0 Å². The maximum atomic E-state index is 13.9. The Labute approximate surface area is 114 Å². The molecule has 0 N–H and O–H groups in total. The molecule has 0 radical (unpaired) electrons. The molecule has 98 valence electrons. The fourth-order valence-corrected chi connectivity index (χ4v) is 1.82. The van der Waals surface area contributed by atoms with Gasteiger partial charge in [-0.1, -0.05) is 29.8 Å². The molecular weight excluding hydrogens is 272 g/mol. The summed E-state index contributed by atoms with van der Waals surface area (Å²) in [6, 6.07) is 6.71. The second-order valence-electron chi connectivity index (χ2n) is 3.83. The van der Waals surface area contributed by atoms with Crippen LogP contribution in [0.2, 0.25) is 5.15 Å². The molecule has 19 heavy (non-hydrogen) atoms. The minimum Gasteiger partial charge on any atom is -0.441 e. The van der Waals surface area contributed by atoms with E-state index in [9.17, 15) is 8.78 Å². The van der Waals surface area contributed by atoms with Gasteiger partial charge in [-0.3, -0.25) is 0 Å². The molecular formula is C12H10BClF2N2O. The molecule has 0 atom stereocenters. The van der Waals surface area contributed by atoms with Crippen molar-refractivity contribution in [1.82, 2.24) is 9.97 Å². The first-order valence-corrected chi connectivity index (χ1v) is 5.89. The Hall–Kier alpha value is -1.53. The summed E-state index contributed by atoms with van der Waals surface area (Å²) in [5, 5.41) is -0.300. The van der Waals surface area contributed by atoms with Crippen LogP contribution in [0.5, 0.6) is 0 Å². The van der Waals surface area contributed by atoms with Gasteiger partial charge in [0.05, 0.1) is 11.0 Å². The molecule has 0 bridgehead atoms. The predicted molar refractivity (Wildman–Crippen MR) is 72.1 cm³/mol. The van der Waals surface area contributed by atoms with E-state index >= 15 is 0 Å². The summed E-state index contributed by atoms with van der Waals surface area (Å²) in [6.45, 7) is 0.0915. The molecule has 0 fully saturated rings. The number of aromatic nitrogens is 2. The maximum Gasteiger partial charge on any atom is 0.311 e. The predicted octanol–water partition coefficient (Wildman–Crippen LogP) is 2.50. The van der Waals surface area contributed by atoms with Gasteiger partial charge in [-0.05, 0) is 18.2 Å². The van der Waals surface area contributed by atoms with Crippen molar-refractivity contribution in [1.29, 1.82) is 0 Å². The molecule has 3 nitrogen and oxygen atoms in total. The van der Waals surface area contributed by atoms with E-state index in [0.717, 1.165) is 0 Å². The lowest BCUT2D eigenvalue weighted by atomic mass is 10.2. The number of para-hydroxylation sites is 2. The third-order valence-corrected chi connectivity index (χ3v) is 2.70. The van der Waals surface area contributed by atoms with Crippen molar-refractivity contribution in [2.45, 2.75) is 5.92 Å². The average Bonchev–Trinajstić information content (AvgIpc) is 2.38. The summed E-state index contributed by atoms with van der Waals surface area (Å²) >= 11 is 5.78. The average molecular weight is 282 g/mol. The van der Waals surface area contributed by atoms with Crippen molar-refractivity contribution in [3.8, 4) is 0 Å². The van der Waals surface area contributed by atoms with Crippen LogP contribution >= 0.6 is 11.6 Å². The van der Waals surface area contributed by atoms with E-state index in [2.05, 4.69) is 14.6 Å². The monoisotopic (exact) mass is 282 g/mol. The molecule has 1 aromatic carbocycles. The highest BCUT2D eigenvalue weighted by Crippen LogP contribution is 2.33. The van der Waals surface area contributed by atoms with E-state index in [1.165, 1.54) is 14.1 Å². The van der Waals surface area contributed by atoms with Crippen molar-refractivity contribution < 1.29 is 13.4 Å². The zero-order valence-corrected chi connectivity index (χ0v) is 10.9. The Bertz CT molecular complexity index is 622. The molecule has 0 amide bonds. The summed E-state index contributed by atoms with van der Waals surface area (Å²) in [5.41, 5.74) is 0.301. The van der Waals surface area contributed by atoms with E-state index < -0.39 is 11.6 Å².